The third kappa shape index (κ3) is 4.22. The van der Waals surface area contributed by atoms with Gasteiger partial charge in [-0.15, -0.1) is 0 Å². The number of esters is 2. The first-order valence-electron chi connectivity index (χ1n) is 8.89. The summed E-state index contributed by atoms with van der Waals surface area (Å²) in [5.41, 5.74) is 2.20. The Bertz CT molecular complexity index is 863. The highest BCUT2D eigenvalue weighted by molar-refractivity contribution is 5.91. The zero-order chi connectivity index (χ0) is 20.3. The first kappa shape index (κ1) is 20.0. The molecule has 0 spiro atoms. The molecule has 1 unspecified atom stereocenters. The van der Waals surface area contributed by atoms with E-state index in [1.165, 1.54) is 0 Å². The highest BCUT2D eigenvalue weighted by Gasteiger charge is 2.46. The van der Waals surface area contributed by atoms with Crippen LogP contribution in [0.15, 0.2) is 48.5 Å². The van der Waals surface area contributed by atoms with E-state index in [0.717, 1.165) is 5.56 Å². The number of hydrogen-bond acceptors (Lipinski definition) is 7. The van der Waals surface area contributed by atoms with Crippen LogP contribution in [0.4, 0.5) is 0 Å². The van der Waals surface area contributed by atoms with Gasteiger partial charge in [0.25, 0.3) is 0 Å². The van der Waals surface area contributed by atoms with Crippen LogP contribution in [0.1, 0.15) is 31.8 Å². The molecule has 1 aliphatic rings. The molecular weight excluding hydrogens is 364 g/mol. The molecule has 2 N–H and O–H groups in total. The zero-order valence-electron chi connectivity index (χ0n) is 15.6. The molecule has 0 saturated carbocycles. The third-order valence-electron chi connectivity index (χ3n) is 4.66. The van der Waals surface area contributed by atoms with Crippen molar-refractivity contribution in [3.05, 3.63) is 70.8 Å². The van der Waals surface area contributed by atoms with E-state index in [-0.39, 0.29) is 6.61 Å². The van der Waals surface area contributed by atoms with Gasteiger partial charge in [-0.2, -0.15) is 0 Å². The molecule has 0 aliphatic carbocycles. The summed E-state index contributed by atoms with van der Waals surface area (Å²) < 4.78 is 15.8. The Morgan fingerprint density at radius 1 is 0.929 bits per heavy atom. The van der Waals surface area contributed by atoms with E-state index in [4.69, 9.17) is 14.2 Å². The van der Waals surface area contributed by atoms with Crippen molar-refractivity contribution in [2.24, 2.45) is 0 Å². The number of carbonyl (C=O) groups excluding carboxylic acids is 2. The molecule has 1 heterocycles. The molecule has 7 nitrogen and oxygen atoms in total. The maximum atomic E-state index is 12.4. The van der Waals surface area contributed by atoms with E-state index in [1.807, 2.05) is 0 Å². The van der Waals surface area contributed by atoms with Crippen LogP contribution in [0, 0.1) is 13.8 Å². The second-order valence-electron chi connectivity index (χ2n) is 6.65. The van der Waals surface area contributed by atoms with Crippen molar-refractivity contribution in [2.45, 2.75) is 38.4 Å². The van der Waals surface area contributed by atoms with Gasteiger partial charge in [-0.05, 0) is 37.1 Å². The van der Waals surface area contributed by atoms with Gasteiger partial charge in [0.15, 0.2) is 12.4 Å². The molecule has 1 saturated heterocycles. The Kier molecular flexibility index (Phi) is 6.08. The van der Waals surface area contributed by atoms with Crippen molar-refractivity contribution in [2.75, 3.05) is 6.61 Å². The largest absolute Gasteiger partial charge is 0.459 e. The van der Waals surface area contributed by atoms with Crippen LogP contribution in [0.25, 0.3) is 0 Å². The third-order valence-corrected chi connectivity index (χ3v) is 4.66. The molecule has 0 amide bonds. The molecule has 0 radical (unpaired) electrons. The fraction of sp³-hybridized carbons (Fsp3) is 0.333. The maximum absolute atomic E-state index is 12.4. The Morgan fingerprint density at radius 2 is 1.46 bits per heavy atom. The lowest BCUT2D eigenvalue weighted by atomic mass is 10.1. The smallest absolute Gasteiger partial charge is 0.338 e. The minimum absolute atomic E-state index is 0.285. The summed E-state index contributed by atoms with van der Waals surface area (Å²) in [6.45, 7) is 3.25. The van der Waals surface area contributed by atoms with Gasteiger partial charge in [0.05, 0.1) is 11.1 Å². The second-order valence-corrected chi connectivity index (χ2v) is 6.65. The predicted molar refractivity (Wildman–Crippen MR) is 98.7 cm³/mol. The summed E-state index contributed by atoms with van der Waals surface area (Å²) in [6.07, 6.45) is -5.16. The average molecular weight is 386 g/mol. The molecule has 4 atom stereocenters. The topological polar surface area (TPSA) is 102 Å². The van der Waals surface area contributed by atoms with E-state index in [1.54, 1.807) is 62.4 Å². The van der Waals surface area contributed by atoms with Gasteiger partial charge >= 0.3 is 11.9 Å². The molecule has 0 aromatic heterocycles. The van der Waals surface area contributed by atoms with E-state index < -0.39 is 36.5 Å². The average Bonchev–Trinajstić information content (AvgIpc) is 2.94. The Morgan fingerprint density at radius 3 is 2.04 bits per heavy atom. The lowest BCUT2D eigenvalue weighted by molar-refractivity contribution is -0.133. The monoisotopic (exact) mass is 386 g/mol. The quantitative estimate of drug-likeness (QED) is 0.755. The highest BCUT2D eigenvalue weighted by Crippen LogP contribution is 2.25. The summed E-state index contributed by atoms with van der Waals surface area (Å²) in [5, 5.41) is 19.9. The minimum Gasteiger partial charge on any atom is -0.459 e. The van der Waals surface area contributed by atoms with Crippen LogP contribution >= 0.6 is 0 Å². The molecule has 3 rings (SSSR count). The summed E-state index contributed by atoms with van der Waals surface area (Å²) in [5.74, 6) is -1.23. The van der Waals surface area contributed by atoms with Crippen molar-refractivity contribution >= 4 is 11.9 Å². The van der Waals surface area contributed by atoms with Gasteiger partial charge in [0, 0.05) is 0 Å². The molecule has 28 heavy (non-hydrogen) atoms. The van der Waals surface area contributed by atoms with Crippen molar-refractivity contribution in [1.82, 2.24) is 0 Å². The fourth-order valence-electron chi connectivity index (χ4n) is 3.03. The van der Waals surface area contributed by atoms with Crippen molar-refractivity contribution in [3.63, 3.8) is 0 Å². The molecular formula is C21H22O7. The molecule has 0 bridgehead atoms. The van der Waals surface area contributed by atoms with Crippen LogP contribution in [0.3, 0.4) is 0 Å². The zero-order valence-corrected chi connectivity index (χ0v) is 15.6. The van der Waals surface area contributed by atoms with Crippen molar-refractivity contribution in [1.29, 1.82) is 0 Å². The molecule has 1 fully saturated rings. The molecule has 2 aromatic rings. The van der Waals surface area contributed by atoms with Gasteiger partial charge in [-0.25, -0.2) is 9.59 Å². The lowest BCUT2D eigenvalue weighted by Crippen LogP contribution is -2.39. The Labute approximate surface area is 162 Å². The number of benzene rings is 2. The van der Waals surface area contributed by atoms with Gasteiger partial charge in [-0.3, -0.25) is 0 Å². The van der Waals surface area contributed by atoms with E-state index in [9.17, 15) is 19.8 Å². The number of hydrogen-bond donors (Lipinski definition) is 2. The molecule has 1 aliphatic heterocycles. The number of aliphatic hydroxyl groups is 2. The normalized spacial score (nSPS) is 24.0. The number of aryl methyl sites for hydroxylation is 2. The molecule has 148 valence electrons. The SMILES string of the molecule is Cc1ccccc1C(=O)OC[C@@H]1OC(O)[C@@H](O)[C@H]1OC(=O)c1ccccc1C. The van der Waals surface area contributed by atoms with Crippen LogP contribution in [-0.4, -0.2) is 53.4 Å². The predicted octanol–water partition coefficient (Wildman–Crippen LogP) is 1.76. The van der Waals surface area contributed by atoms with E-state index in [2.05, 4.69) is 0 Å². The fourth-order valence-corrected chi connectivity index (χ4v) is 3.03. The Hall–Kier alpha value is -2.74. The van der Waals surface area contributed by atoms with Crippen LogP contribution < -0.4 is 0 Å². The van der Waals surface area contributed by atoms with Crippen LogP contribution in [0.2, 0.25) is 0 Å². The van der Waals surface area contributed by atoms with Gasteiger partial charge in [-0.1, -0.05) is 36.4 Å². The lowest BCUT2D eigenvalue weighted by Gasteiger charge is -2.21. The van der Waals surface area contributed by atoms with Gasteiger partial charge in [0.2, 0.25) is 0 Å². The van der Waals surface area contributed by atoms with Gasteiger partial charge in [0.1, 0.15) is 18.8 Å². The summed E-state index contributed by atoms with van der Waals surface area (Å²) in [6, 6.07) is 13.8. The highest BCUT2D eigenvalue weighted by atomic mass is 16.7. The van der Waals surface area contributed by atoms with E-state index >= 15 is 0 Å². The van der Waals surface area contributed by atoms with E-state index in [0.29, 0.717) is 16.7 Å². The number of rotatable bonds is 5. The number of carbonyl (C=O) groups is 2. The first-order chi connectivity index (χ1) is 13.4. The van der Waals surface area contributed by atoms with Gasteiger partial charge < -0.3 is 24.4 Å². The Balaban J connectivity index is 1.68. The number of ether oxygens (including phenoxy) is 3. The second kappa shape index (κ2) is 8.52. The van der Waals surface area contributed by atoms with Crippen molar-refractivity contribution in [3.8, 4) is 0 Å². The maximum Gasteiger partial charge on any atom is 0.338 e. The standard InChI is InChI=1S/C21H22O7/c1-12-7-3-5-9-14(12)19(23)26-11-16-18(17(22)21(25)27-16)28-20(24)15-10-6-4-8-13(15)2/h3-10,16-18,21-22,25H,11H2,1-2H3/t16-,17-,18-,21?/m0/s1. The molecule has 7 heteroatoms. The minimum atomic E-state index is -1.54. The van der Waals surface area contributed by atoms with Crippen LogP contribution in [0.5, 0.6) is 0 Å². The van der Waals surface area contributed by atoms with Crippen molar-refractivity contribution < 1.29 is 34.0 Å². The first-order valence-corrected chi connectivity index (χ1v) is 8.89. The summed E-state index contributed by atoms with van der Waals surface area (Å²) in [7, 11) is 0. The molecule has 2 aromatic carbocycles. The summed E-state index contributed by atoms with van der Waals surface area (Å²) in [4.78, 5) is 24.7. The summed E-state index contributed by atoms with van der Waals surface area (Å²) >= 11 is 0. The van der Waals surface area contributed by atoms with Crippen LogP contribution in [-0.2, 0) is 14.2 Å². The number of aliphatic hydroxyl groups excluding tert-OH is 2.